The van der Waals surface area contributed by atoms with E-state index in [2.05, 4.69) is 0 Å². The van der Waals surface area contributed by atoms with Crippen LogP contribution in [0.25, 0.3) is 0 Å². The van der Waals surface area contributed by atoms with Crippen LogP contribution in [0.15, 0.2) is 182 Å². The number of carbonyl (C=O) groups excluding carboxylic acids is 11. The zero-order valence-electron chi connectivity index (χ0n) is 60.9. The van der Waals surface area contributed by atoms with Gasteiger partial charge in [-0.1, -0.05) is 167 Å². The monoisotopic (exact) mass is 1460 g/mol. The lowest BCUT2D eigenvalue weighted by atomic mass is 9.89. The summed E-state index contributed by atoms with van der Waals surface area (Å²) < 4.78 is 60.8. The molecule has 3 fully saturated rings. The molecule has 106 heavy (non-hydrogen) atoms. The van der Waals surface area contributed by atoms with Crippen molar-refractivity contribution in [1.82, 2.24) is 0 Å². The van der Waals surface area contributed by atoms with Crippen molar-refractivity contribution in [3.8, 4) is 0 Å². The Balaban J connectivity index is 0.000000223. The SMILES string of the molecule is CC(=O)OC(COC(=O)c1ccccc1)C(OC(=O)c1ccccc1)C(COC(=O)c1ccccc1)OC(C)=O.CC(CCOC(=O)C1CCCCC1)(CCOC(=O)C1CCCCC1)OC(=O)C1CCCCC1.CC(CCOC(=O)c1ccccc1)(CCOC(=O)c1ccccc1)OC(=O)c1ccccc1. The minimum Gasteiger partial charge on any atom is -0.465 e. The molecule has 2 unspecified atom stereocenters. The summed E-state index contributed by atoms with van der Waals surface area (Å²) in [6, 6.07) is 50.0. The van der Waals surface area contributed by atoms with E-state index in [0.717, 1.165) is 90.9 Å². The molecule has 3 aliphatic rings. The van der Waals surface area contributed by atoms with Gasteiger partial charge in [0.05, 0.1) is 77.6 Å². The molecule has 0 heterocycles. The number of hydrogen-bond acceptors (Lipinski definition) is 22. The van der Waals surface area contributed by atoms with E-state index < -0.39 is 90.5 Å². The van der Waals surface area contributed by atoms with Crippen LogP contribution in [-0.4, -0.2) is 135 Å². The fraction of sp³-hybridized carbons (Fsp3) is 0.440. The van der Waals surface area contributed by atoms with E-state index >= 15 is 0 Å². The Labute approximate surface area is 619 Å². The molecular formula is C84H98O22. The van der Waals surface area contributed by atoms with E-state index in [4.69, 9.17) is 52.1 Å². The molecule has 22 nitrogen and oxygen atoms in total. The normalized spacial score (nSPS) is 14.8. The minimum atomic E-state index is -1.53. The van der Waals surface area contributed by atoms with Gasteiger partial charge in [0.25, 0.3) is 0 Å². The minimum absolute atomic E-state index is 0.00578. The molecule has 0 spiro atoms. The molecule has 22 heteroatoms. The Morgan fingerprint density at radius 3 is 0.858 bits per heavy atom. The summed E-state index contributed by atoms with van der Waals surface area (Å²) in [5.41, 5.74) is 0.0826. The predicted molar refractivity (Wildman–Crippen MR) is 389 cm³/mol. The maximum atomic E-state index is 13.0. The summed E-state index contributed by atoms with van der Waals surface area (Å²) in [5, 5.41) is 0. The summed E-state index contributed by atoms with van der Waals surface area (Å²) in [6.45, 7) is 5.24. The Hall–Kier alpha value is -10.5. The van der Waals surface area contributed by atoms with Gasteiger partial charge in [0.15, 0.2) is 18.3 Å². The molecule has 566 valence electrons. The highest BCUT2D eigenvalue weighted by molar-refractivity contribution is 5.92. The van der Waals surface area contributed by atoms with Crippen molar-refractivity contribution in [2.45, 2.75) is 179 Å². The van der Waals surface area contributed by atoms with E-state index in [0.29, 0.717) is 29.5 Å². The average molecular weight is 1460 g/mol. The molecule has 0 aliphatic heterocycles. The third-order valence-corrected chi connectivity index (χ3v) is 18.4. The zero-order chi connectivity index (χ0) is 75.9. The van der Waals surface area contributed by atoms with E-state index in [9.17, 15) is 52.7 Å². The molecule has 0 N–H and O–H groups in total. The van der Waals surface area contributed by atoms with E-state index in [1.54, 1.807) is 134 Å². The molecule has 6 aromatic rings. The van der Waals surface area contributed by atoms with Gasteiger partial charge < -0.3 is 52.1 Å². The maximum Gasteiger partial charge on any atom is 0.338 e. The highest BCUT2D eigenvalue weighted by Crippen LogP contribution is 2.32. The fourth-order valence-electron chi connectivity index (χ4n) is 12.3. The molecule has 6 aromatic carbocycles. The first-order valence-corrected chi connectivity index (χ1v) is 36.5. The van der Waals surface area contributed by atoms with Gasteiger partial charge in [0, 0.05) is 39.5 Å². The Kier molecular flexibility index (Phi) is 34.6. The van der Waals surface area contributed by atoms with Crippen molar-refractivity contribution >= 4 is 65.7 Å². The second-order valence-electron chi connectivity index (χ2n) is 26.9. The fourth-order valence-corrected chi connectivity index (χ4v) is 12.3. The lowest BCUT2D eigenvalue weighted by molar-refractivity contribution is -0.175. The van der Waals surface area contributed by atoms with Crippen LogP contribution < -0.4 is 0 Å². The zero-order valence-corrected chi connectivity index (χ0v) is 60.9. The van der Waals surface area contributed by atoms with E-state index in [-0.39, 0.29) is 91.6 Å². The Morgan fingerprint density at radius 1 is 0.302 bits per heavy atom. The topological polar surface area (TPSA) is 289 Å². The smallest absolute Gasteiger partial charge is 0.338 e. The van der Waals surface area contributed by atoms with Crippen LogP contribution in [-0.2, 0) is 76.1 Å². The molecule has 2 atom stereocenters. The summed E-state index contributed by atoms with van der Waals surface area (Å²) >= 11 is 0. The molecule has 0 saturated heterocycles. The van der Waals surface area contributed by atoms with Crippen LogP contribution in [0.5, 0.6) is 0 Å². The van der Waals surface area contributed by atoms with Gasteiger partial charge >= 0.3 is 65.7 Å². The van der Waals surface area contributed by atoms with Crippen molar-refractivity contribution in [2.75, 3.05) is 39.6 Å². The third kappa shape index (κ3) is 29.2. The van der Waals surface area contributed by atoms with Crippen LogP contribution in [0.2, 0.25) is 0 Å². The maximum absolute atomic E-state index is 13.0. The third-order valence-electron chi connectivity index (χ3n) is 18.4. The second kappa shape index (κ2) is 44.3. The van der Waals surface area contributed by atoms with Crippen LogP contribution >= 0.6 is 0 Å². The van der Waals surface area contributed by atoms with Crippen LogP contribution in [0.4, 0.5) is 0 Å². The molecule has 0 bridgehead atoms. The quantitative estimate of drug-likeness (QED) is 0.0280. The van der Waals surface area contributed by atoms with Crippen molar-refractivity contribution in [3.63, 3.8) is 0 Å². The van der Waals surface area contributed by atoms with Gasteiger partial charge in [-0.2, -0.15) is 0 Å². The first-order chi connectivity index (χ1) is 51.2. The highest BCUT2D eigenvalue weighted by atomic mass is 16.6. The molecule has 0 radical (unpaired) electrons. The lowest BCUT2D eigenvalue weighted by Crippen LogP contribution is -2.49. The van der Waals surface area contributed by atoms with Gasteiger partial charge in [-0.15, -0.1) is 0 Å². The van der Waals surface area contributed by atoms with Crippen LogP contribution in [0.1, 0.15) is 212 Å². The van der Waals surface area contributed by atoms with Crippen LogP contribution in [0.3, 0.4) is 0 Å². The number of ether oxygens (including phenoxy) is 11. The van der Waals surface area contributed by atoms with Gasteiger partial charge in [0.1, 0.15) is 24.4 Å². The summed E-state index contributed by atoms with van der Waals surface area (Å²) in [7, 11) is 0. The summed E-state index contributed by atoms with van der Waals surface area (Å²) in [6.07, 6.45) is 12.3. The highest BCUT2D eigenvalue weighted by Gasteiger charge is 2.41. The van der Waals surface area contributed by atoms with Crippen molar-refractivity contribution in [1.29, 1.82) is 0 Å². The van der Waals surface area contributed by atoms with Crippen molar-refractivity contribution < 1.29 is 105 Å². The van der Waals surface area contributed by atoms with Crippen molar-refractivity contribution in [3.05, 3.63) is 215 Å². The number of benzene rings is 6. The Bertz CT molecular complexity index is 3550. The first-order valence-electron chi connectivity index (χ1n) is 36.5. The molecule has 9 rings (SSSR count). The standard InChI is InChI=1S/C30H28O10.C27H44O6.C27H26O6/c1-20(31)38-25(18-36-28(33)22-12-6-3-7-13-22)27(40-30(35)24-16-10-5-11-17-24)26(39-21(2)32)19-37-29(34)23-14-8-4-9-15-23;2*1-27(33-26(30)23-15-9-4-10-16-23,17-19-31-24(28)21-11-5-2-6-12-21)18-20-32-25(29)22-13-7-3-8-14-22/h3-17,25-27H,18-19H2,1-2H3;21-23H,2-20H2,1H3;2-16H,17-20H2,1H3. The van der Waals surface area contributed by atoms with Gasteiger partial charge in [0.2, 0.25) is 0 Å². The number of carbonyl (C=O) groups is 11. The molecular weight excluding hydrogens is 1360 g/mol. The molecule has 0 amide bonds. The Morgan fingerprint density at radius 2 is 0.557 bits per heavy atom. The van der Waals surface area contributed by atoms with Gasteiger partial charge in [-0.05, 0) is 125 Å². The molecule has 3 aliphatic carbocycles. The molecule has 3 saturated carbocycles. The summed E-state index contributed by atoms with van der Waals surface area (Å²) in [4.78, 5) is 137. The largest absolute Gasteiger partial charge is 0.465 e. The van der Waals surface area contributed by atoms with Gasteiger partial charge in [-0.3, -0.25) is 24.0 Å². The number of esters is 11. The van der Waals surface area contributed by atoms with Gasteiger partial charge in [-0.25, -0.2) is 28.8 Å². The number of hydrogen-bond donors (Lipinski definition) is 0. The van der Waals surface area contributed by atoms with Crippen LogP contribution in [0, 0.1) is 17.8 Å². The second-order valence-corrected chi connectivity index (χ2v) is 26.9. The molecule has 0 aromatic heterocycles. The van der Waals surface area contributed by atoms with Crippen molar-refractivity contribution in [2.24, 2.45) is 17.8 Å². The first kappa shape index (κ1) is 82.8. The van der Waals surface area contributed by atoms with E-state index in [1.165, 1.54) is 55.7 Å². The predicted octanol–water partition coefficient (Wildman–Crippen LogP) is 14.8. The number of rotatable bonds is 32. The average Bonchev–Trinajstić information content (AvgIpc) is 0.845. The summed E-state index contributed by atoms with van der Waals surface area (Å²) in [5.74, 6) is -5.74. The lowest BCUT2D eigenvalue weighted by Gasteiger charge is -2.32. The van der Waals surface area contributed by atoms with E-state index in [1.807, 2.05) is 25.1 Å².